The predicted octanol–water partition coefficient (Wildman–Crippen LogP) is 2.79. The van der Waals surface area contributed by atoms with Gasteiger partial charge >= 0.3 is 0 Å². The molecule has 2 aliphatic rings. The minimum Gasteiger partial charge on any atom is -0.328 e. The highest BCUT2D eigenvalue weighted by Gasteiger charge is 2.52. The van der Waals surface area contributed by atoms with Crippen LogP contribution < -0.4 is 5.32 Å². The van der Waals surface area contributed by atoms with Gasteiger partial charge < -0.3 is 4.90 Å². The Kier molecular flexibility index (Phi) is 3.83. The summed E-state index contributed by atoms with van der Waals surface area (Å²) >= 11 is 1.58. The smallest absolute Gasteiger partial charge is 0.264 e. The third kappa shape index (κ3) is 2.93. The van der Waals surface area contributed by atoms with E-state index in [9.17, 15) is 9.59 Å². The first kappa shape index (κ1) is 16.2. The summed E-state index contributed by atoms with van der Waals surface area (Å²) in [4.78, 5) is 36.9. The van der Waals surface area contributed by atoms with Crippen LogP contribution in [0.5, 0.6) is 0 Å². The Hall–Kier alpha value is -2.28. The number of nitrogens with one attached hydrogen (secondary N) is 1. The van der Waals surface area contributed by atoms with Gasteiger partial charge in [-0.15, -0.1) is 11.3 Å². The van der Waals surface area contributed by atoms with Gasteiger partial charge in [-0.1, -0.05) is 13.8 Å². The molecule has 0 saturated heterocycles. The molecule has 1 N–H and O–H groups in total. The van der Waals surface area contributed by atoms with Gasteiger partial charge in [0.25, 0.3) is 5.91 Å². The molecule has 0 radical (unpaired) electrons. The number of thiophene rings is 1. The van der Waals surface area contributed by atoms with E-state index in [4.69, 9.17) is 0 Å². The lowest BCUT2D eigenvalue weighted by Gasteiger charge is -2.32. The van der Waals surface area contributed by atoms with Gasteiger partial charge in [-0.05, 0) is 36.5 Å². The highest BCUT2D eigenvalue weighted by Crippen LogP contribution is 2.54. The van der Waals surface area contributed by atoms with Gasteiger partial charge in [0.2, 0.25) is 11.9 Å². The van der Waals surface area contributed by atoms with Crippen molar-refractivity contribution in [3.63, 3.8) is 0 Å². The van der Waals surface area contributed by atoms with Crippen LogP contribution >= 0.6 is 11.3 Å². The maximum atomic E-state index is 12.9. The molecule has 1 aliphatic heterocycles. The number of carbonyl (C=O) groups excluding carboxylic acids is 2. The summed E-state index contributed by atoms with van der Waals surface area (Å²) in [5.41, 5.74) is 1.27. The molecular weight excluding hydrogens is 336 g/mol. The van der Waals surface area contributed by atoms with Gasteiger partial charge in [0.05, 0.1) is 4.88 Å². The molecule has 4 rings (SSSR count). The molecule has 2 aromatic heterocycles. The van der Waals surface area contributed by atoms with Gasteiger partial charge in [-0.25, -0.2) is 9.97 Å². The number of amides is 2. The molecule has 0 bridgehead atoms. The molecular formula is C18H20N4O2S. The van der Waals surface area contributed by atoms with E-state index in [0.29, 0.717) is 12.5 Å². The minimum absolute atomic E-state index is 0.0337. The topological polar surface area (TPSA) is 75.2 Å². The van der Waals surface area contributed by atoms with E-state index in [-0.39, 0.29) is 29.7 Å². The van der Waals surface area contributed by atoms with Gasteiger partial charge in [-0.3, -0.25) is 14.9 Å². The molecule has 1 spiro atoms. The van der Waals surface area contributed by atoms with Gasteiger partial charge in [0.1, 0.15) is 6.54 Å². The average Bonchev–Trinajstić information content (AvgIpc) is 3.19. The number of anilines is 1. The highest BCUT2D eigenvalue weighted by molar-refractivity contribution is 7.14. The lowest BCUT2D eigenvalue weighted by atomic mass is 9.91. The Labute approximate surface area is 150 Å². The number of rotatable bonds is 4. The van der Waals surface area contributed by atoms with Crippen molar-refractivity contribution in [2.75, 3.05) is 18.4 Å². The quantitative estimate of drug-likeness (QED) is 0.914. The molecule has 6 nitrogen and oxygen atoms in total. The summed E-state index contributed by atoms with van der Waals surface area (Å²) in [6, 6.07) is 3.90. The monoisotopic (exact) mass is 356 g/mol. The fourth-order valence-corrected chi connectivity index (χ4v) is 4.57. The first-order valence-corrected chi connectivity index (χ1v) is 9.30. The summed E-state index contributed by atoms with van der Waals surface area (Å²) in [5, 5.41) is 2.65. The van der Waals surface area contributed by atoms with E-state index in [1.165, 1.54) is 10.4 Å². The molecule has 1 saturated carbocycles. The normalized spacial score (nSPS) is 17.7. The molecule has 3 heterocycles. The molecule has 0 aromatic carbocycles. The zero-order chi connectivity index (χ0) is 17.6. The Morgan fingerprint density at radius 3 is 2.72 bits per heavy atom. The molecule has 2 aromatic rings. The second kappa shape index (κ2) is 5.91. The van der Waals surface area contributed by atoms with Gasteiger partial charge in [0, 0.05) is 29.2 Å². The zero-order valence-electron chi connectivity index (χ0n) is 14.3. The Morgan fingerprint density at radius 2 is 2.08 bits per heavy atom. The standard InChI is InChI=1S/C18H20N4O2S/c1-11(2)13-8-12-15(25-13)16(24)22(10-18(12)4-5-18)9-14(23)21-17-19-6-3-7-20-17/h3,6-8,11H,4-5,9-10H2,1-2H3,(H,19,20,21,23). The van der Waals surface area contributed by atoms with E-state index >= 15 is 0 Å². The summed E-state index contributed by atoms with van der Waals surface area (Å²) in [6.45, 7) is 4.95. The Morgan fingerprint density at radius 1 is 1.36 bits per heavy atom. The molecule has 2 amide bonds. The van der Waals surface area contributed by atoms with Crippen LogP contribution in [0.3, 0.4) is 0 Å². The first-order chi connectivity index (χ1) is 12.0. The van der Waals surface area contributed by atoms with E-state index in [1.54, 1.807) is 34.7 Å². The van der Waals surface area contributed by atoms with E-state index in [1.807, 2.05) is 0 Å². The lowest BCUT2D eigenvalue weighted by molar-refractivity contribution is -0.117. The molecule has 25 heavy (non-hydrogen) atoms. The average molecular weight is 356 g/mol. The molecule has 0 atom stereocenters. The van der Waals surface area contributed by atoms with E-state index in [0.717, 1.165) is 17.7 Å². The number of hydrogen-bond acceptors (Lipinski definition) is 5. The van der Waals surface area contributed by atoms with Crippen molar-refractivity contribution in [1.82, 2.24) is 14.9 Å². The summed E-state index contributed by atoms with van der Waals surface area (Å²) in [7, 11) is 0. The molecule has 1 aliphatic carbocycles. The molecule has 7 heteroatoms. The lowest BCUT2D eigenvalue weighted by Crippen LogP contribution is -2.46. The van der Waals surface area contributed by atoms with Crippen molar-refractivity contribution in [2.45, 2.75) is 38.0 Å². The minimum atomic E-state index is -0.264. The van der Waals surface area contributed by atoms with Crippen molar-refractivity contribution in [3.05, 3.63) is 39.8 Å². The number of hydrogen-bond donors (Lipinski definition) is 1. The van der Waals surface area contributed by atoms with Gasteiger partial charge in [0.15, 0.2) is 0 Å². The number of nitrogens with zero attached hydrogens (tertiary/aromatic N) is 3. The maximum absolute atomic E-state index is 12.9. The predicted molar refractivity (Wildman–Crippen MR) is 95.9 cm³/mol. The van der Waals surface area contributed by atoms with Crippen LogP contribution in [-0.4, -0.2) is 39.8 Å². The van der Waals surface area contributed by atoms with Crippen LogP contribution in [0.25, 0.3) is 0 Å². The Balaban J connectivity index is 1.54. The summed E-state index contributed by atoms with van der Waals surface area (Å²) in [5.74, 6) is 0.371. The molecule has 0 unspecified atom stereocenters. The highest BCUT2D eigenvalue weighted by atomic mass is 32.1. The maximum Gasteiger partial charge on any atom is 0.264 e. The van der Waals surface area contributed by atoms with Crippen LogP contribution in [0.4, 0.5) is 5.95 Å². The van der Waals surface area contributed by atoms with Crippen LogP contribution in [0.1, 0.15) is 52.7 Å². The number of fused-ring (bicyclic) bond motifs is 2. The summed E-state index contributed by atoms with van der Waals surface area (Å²) in [6.07, 6.45) is 5.31. The summed E-state index contributed by atoms with van der Waals surface area (Å²) < 4.78 is 0. The van der Waals surface area contributed by atoms with E-state index < -0.39 is 0 Å². The van der Waals surface area contributed by atoms with Crippen LogP contribution in [-0.2, 0) is 10.2 Å². The number of aromatic nitrogens is 2. The van der Waals surface area contributed by atoms with Crippen LogP contribution in [0.2, 0.25) is 0 Å². The van der Waals surface area contributed by atoms with Crippen LogP contribution in [0.15, 0.2) is 24.5 Å². The third-order valence-electron chi connectivity index (χ3n) is 4.87. The zero-order valence-corrected chi connectivity index (χ0v) is 15.1. The molecule has 1 fully saturated rings. The van der Waals surface area contributed by atoms with Crippen molar-refractivity contribution in [1.29, 1.82) is 0 Å². The third-order valence-corrected chi connectivity index (χ3v) is 6.30. The van der Waals surface area contributed by atoms with E-state index in [2.05, 4.69) is 35.2 Å². The van der Waals surface area contributed by atoms with Crippen molar-refractivity contribution in [3.8, 4) is 0 Å². The SMILES string of the molecule is CC(C)c1cc2c(s1)C(=O)N(CC(=O)Nc1ncccn1)CC21CC1. The Bertz CT molecular complexity index is 827. The molecule has 130 valence electrons. The van der Waals surface area contributed by atoms with Crippen LogP contribution in [0, 0.1) is 0 Å². The van der Waals surface area contributed by atoms with Crippen molar-refractivity contribution in [2.24, 2.45) is 0 Å². The first-order valence-electron chi connectivity index (χ1n) is 8.49. The van der Waals surface area contributed by atoms with Gasteiger partial charge in [-0.2, -0.15) is 0 Å². The number of carbonyl (C=O) groups is 2. The largest absolute Gasteiger partial charge is 0.328 e. The fraction of sp³-hybridized carbons (Fsp3) is 0.444. The van der Waals surface area contributed by atoms with Crippen molar-refractivity contribution < 1.29 is 9.59 Å². The second-order valence-corrected chi connectivity index (χ2v) is 8.19. The second-order valence-electron chi connectivity index (χ2n) is 7.11. The van der Waals surface area contributed by atoms with Crippen molar-refractivity contribution >= 4 is 29.1 Å². The fourth-order valence-electron chi connectivity index (χ4n) is 3.32.